The summed E-state index contributed by atoms with van der Waals surface area (Å²) in [6.07, 6.45) is 5.50. The number of hydrogen-bond donors (Lipinski definition) is 1. The summed E-state index contributed by atoms with van der Waals surface area (Å²) in [6.45, 7) is 1.91. The van der Waals surface area contributed by atoms with Gasteiger partial charge in [0.15, 0.2) is 0 Å². The molecule has 2 N–H and O–H groups in total. The van der Waals surface area contributed by atoms with Gasteiger partial charge in [-0.25, -0.2) is 4.98 Å². The van der Waals surface area contributed by atoms with Crippen LogP contribution in [0.2, 0.25) is 5.02 Å². The quantitative estimate of drug-likeness (QED) is 0.897. The van der Waals surface area contributed by atoms with Crippen LogP contribution in [-0.4, -0.2) is 23.5 Å². The van der Waals surface area contributed by atoms with Crippen LogP contribution in [0.3, 0.4) is 0 Å². The Bertz CT molecular complexity index is 375. The fraction of sp³-hybridized carbons (Fsp3) is 0.615. The molecule has 1 fully saturated rings. The Balaban J connectivity index is 1.92. The summed E-state index contributed by atoms with van der Waals surface area (Å²) in [5.74, 6) is 1.39. The molecule has 0 saturated heterocycles. The van der Waals surface area contributed by atoms with Crippen molar-refractivity contribution in [2.45, 2.75) is 32.2 Å². The first kappa shape index (κ1) is 12.7. The molecule has 0 radical (unpaired) electrons. The summed E-state index contributed by atoms with van der Waals surface area (Å²) in [5.41, 5.74) is 6.56. The zero-order valence-electron chi connectivity index (χ0n) is 10.3. The number of hydrogen-bond acceptors (Lipinski definition) is 3. The fourth-order valence-electron chi connectivity index (χ4n) is 2.57. The Kier molecular flexibility index (Phi) is 4.24. The molecular weight excluding hydrogens is 234 g/mol. The van der Waals surface area contributed by atoms with Crippen molar-refractivity contribution >= 4 is 17.4 Å². The van der Waals surface area contributed by atoms with Gasteiger partial charge in [-0.05, 0) is 37.9 Å². The molecule has 0 amide bonds. The van der Waals surface area contributed by atoms with Crippen LogP contribution in [0.15, 0.2) is 12.1 Å². The Morgan fingerprint density at radius 2 is 2.12 bits per heavy atom. The molecule has 0 bridgehead atoms. The van der Waals surface area contributed by atoms with Gasteiger partial charge in [-0.1, -0.05) is 24.4 Å². The molecule has 1 aliphatic carbocycles. The lowest BCUT2D eigenvalue weighted by molar-refractivity contribution is 0.268. The minimum absolute atomic E-state index is 0.540. The number of rotatable bonds is 4. The summed E-state index contributed by atoms with van der Waals surface area (Å²) < 4.78 is 0. The van der Waals surface area contributed by atoms with Crippen LogP contribution in [-0.2, 0) is 6.54 Å². The average molecular weight is 254 g/mol. The van der Waals surface area contributed by atoms with Crippen molar-refractivity contribution in [1.29, 1.82) is 0 Å². The van der Waals surface area contributed by atoms with Crippen LogP contribution in [0, 0.1) is 5.92 Å². The monoisotopic (exact) mass is 253 g/mol. The number of halogens is 1. The summed E-state index contributed by atoms with van der Waals surface area (Å²) in [4.78, 5) is 6.59. The maximum absolute atomic E-state index is 6.11. The molecule has 1 saturated carbocycles. The van der Waals surface area contributed by atoms with Crippen molar-refractivity contribution in [1.82, 2.24) is 9.88 Å². The lowest BCUT2D eigenvalue weighted by Gasteiger charge is -2.20. The van der Waals surface area contributed by atoms with Gasteiger partial charge in [0.2, 0.25) is 0 Å². The molecule has 0 spiro atoms. The Morgan fingerprint density at radius 1 is 1.41 bits per heavy atom. The van der Waals surface area contributed by atoms with Crippen LogP contribution in [0.1, 0.15) is 31.4 Å². The molecule has 0 aliphatic heterocycles. The number of nitrogens with two attached hydrogens (primary N) is 1. The largest absolute Gasteiger partial charge is 0.384 e. The maximum atomic E-state index is 6.11. The lowest BCUT2D eigenvalue weighted by Crippen LogP contribution is -2.24. The highest BCUT2D eigenvalue weighted by molar-refractivity contribution is 6.31. The number of pyridine rings is 1. The van der Waals surface area contributed by atoms with E-state index in [9.17, 15) is 0 Å². The smallest absolute Gasteiger partial charge is 0.123 e. The highest BCUT2D eigenvalue weighted by Crippen LogP contribution is 2.26. The molecule has 1 heterocycles. The van der Waals surface area contributed by atoms with Crippen molar-refractivity contribution in [3.05, 3.63) is 22.8 Å². The third-order valence-electron chi connectivity index (χ3n) is 3.40. The molecule has 1 aromatic heterocycles. The van der Waals surface area contributed by atoms with Gasteiger partial charge < -0.3 is 10.6 Å². The molecule has 0 unspecified atom stereocenters. The van der Waals surface area contributed by atoms with E-state index in [1.807, 2.05) is 6.07 Å². The number of nitrogens with zero attached hydrogens (tertiary/aromatic N) is 2. The Labute approximate surface area is 108 Å². The first-order valence-electron chi connectivity index (χ1n) is 6.24. The summed E-state index contributed by atoms with van der Waals surface area (Å²) in [5, 5.41) is 0.706. The van der Waals surface area contributed by atoms with E-state index in [2.05, 4.69) is 16.9 Å². The third-order valence-corrected chi connectivity index (χ3v) is 3.75. The average Bonchev–Trinajstić information content (AvgIpc) is 2.76. The van der Waals surface area contributed by atoms with E-state index >= 15 is 0 Å². The second kappa shape index (κ2) is 5.69. The second-order valence-corrected chi connectivity index (χ2v) is 5.42. The van der Waals surface area contributed by atoms with Crippen LogP contribution >= 0.6 is 11.6 Å². The van der Waals surface area contributed by atoms with E-state index in [-0.39, 0.29) is 0 Å². The van der Waals surface area contributed by atoms with Gasteiger partial charge in [0.1, 0.15) is 5.82 Å². The topological polar surface area (TPSA) is 42.2 Å². The van der Waals surface area contributed by atoms with Crippen LogP contribution in [0.25, 0.3) is 0 Å². The van der Waals surface area contributed by atoms with E-state index in [1.165, 1.54) is 25.7 Å². The molecule has 4 heteroatoms. The van der Waals surface area contributed by atoms with Crippen molar-refractivity contribution in [2.75, 3.05) is 19.3 Å². The molecule has 17 heavy (non-hydrogen) atoms. The third kappa shape index (κ3) is 3.58. The number of aromatic nitrogens is 1. The zero-order chi connectivity index (χ0) is 12.3. The number of nitrogen functional groups attached to an aromatic ring is 1. The molecule has 3 nitrogen and oxygen atoms in total. The lowest BCUT2D eigenvalue weighted by atomic mass is 10.1. The Hall–Kier alpha value is -0.800. The van der Waals surface area contributed by atoms with Gasteiger partial charge in [0.25, 0.3) is 0 Å². The van der Waals surface area contributed by atoms with Crippen LogP contribution in [0.4, 0.5) is 5.82 Å². The minimum Gasteiger partial charge on any atom is -0.384 e. The van der Waals surface area contributed by atoms with E-state index in [0.29, 0.717) is 10.8 Å². The van der Waals surface area contributed by atoms with Crippen molar-refractivity contribution in [2.24, 2.45) is 5.92 Å². The fourth-order valence-corrected chi connectivity index (χ4v) is 2.73. The Morgan fingerprint density at radius 3 is 2.82 bits per heavy atom. The van der Waals surface area contributed by atoms with Crippen LogP contribution < -0.4 is 5.73 Å². The van der Waals surface area contributed by atoms with Crippen molar-refractivity contribution < 1.29 is 0 Å². The van der Waals surface area contributed by atoms with E-state index in [4.69, 9.17) is 17.3 Å². The van der Waals surface area contributed by atoms with Crippen molar-refractivity contribution in [3.8, 4) is 0 Å². The second-order valence-electron chi connectivity index (χ2n) is 5.01. The molecule has 0 aromatic carbocycles. The standard InChI is InChI=1S/C13H20ClN3/c1-17(8-10-4-2-3-5-10)9-12-11(14)6-7-13(15)16-12/h6-7,10H,2-5,8-9H2,1H3,(H2,15,16). The van der Waals surface area contributed by atoms with E-state index in [1.54, 1.807) is 6.07 Å². The predicted molar refractivity (Wildman–Crippen MR) is 72.0 cm³/mol. The molecular formula is C13H20ClN3. The SMILES string of the molecule is CN(Cc1nc(N)ccc1Cl)CC1CCCC1. The summed E-state index contributed by atoms with van der Waals surface area (Å²) in [7, 11) is 2.12. The highest BCUT2D eigenvalue weighted by atomic mass is 35.5. The van der Waals surface area contributed by atoms with Crippen LogP contribution in [0.5, 0.6) is 0 Å². The maximum Gasteiger partial charge on any atom is 0.123 e. The van der Waals surface area contributed by atoms with Gasteiger partial charge in [-0.15, -0.1) is 0 Å². The summed E-state index contributed by atoms with van der Waals surface area (Å²) in [6, 6.07) is 3.56. The first-order valence-corrected chi connectivity index (χ1v) is 6.62. The van der Waals surface area contributed by atoms with Gasteiger partial charge in [-0.3, -0.25) is 0 Å². The summed E-state index contributed by atoms with van der Waals surface area (Å²) >= 11 is 6.11. The van der Waals surface area contributed by atoms with Gasteiger partial charge in [0.05, 0.1) is 10.7 Å². The number of anilines is 1. The molecule has 2 rings (SSSR count). The van der Waals surface area contributed by atoms with Crippen molar-refractivity contribution in [3.63, 3.8) is 0 Å². The molecule has 0 atom stereocenters. The predicted octanol–water partition coefficient (Wildman–Crippen LogP) is 2.94. The van der Waals surface area contributed by atoms with Gasteiger partial charge in [0, 0.05) is 13.1 Å². The van der Waals surface area contributed by atoms with E-state index < -0.39 is 0 Å². The van der Waals surface area contributed by atoms with Gasteiger partial charge >= 0.3 is 0 Å². The first-order chi connectivity index (χ1) is 8.15. The minimum atomic E-state index is 0.540. The van der Waals surface area contributed by atoms with E-state index in [0.717, 1.165) is 24.7 Å². The zero-order valence-corrected chi connectivity index (χ0v) is 11.1. The molecule has 94 valence electrons. The molecule has 1 aliphatic rings. The highest BCUT2D eigenvalue weighted by Gasteiger charge is 2.17. The van der Waals surface area contributed by atoms with Gasteiger partial charge in [-0.2, -0.15) is 0 Å². The normalized spacial score (nSPS) is 16.9. The molecule has 1 aromatic rings.